The van der Waals surface area contributed by atoms with Crippen molar-refractivity contribution in [3.8, 4) is 21.9 Å². The van der Waals surface area contributed by atoms with Crippen molar-refractivity contribution in [1.29, 1.82) is 0 Å². The molecule has 1 aromatic carbocycles. The Labute approximate surface area is 188 Å². The van der Waals surface area contributed by atoms with Crippen molar-refractivity contribution in [3.63, 3.8) is 0 Å². The number of aromatic amines is 1. The smallest absolute Gasteiger partial charge is 0.333 e. The van der Waals surface area contributed by atoms with Gasteiger partial charge in [-0.2, -0.15) is 5.10 Å². The summed E-state index contributed by atoms with van der Waals surface area (Å²) in [6.07, 6.45) is 4.73. The molecule has 0 saturated carbocycles. The lowest BCUT2D eigenvalue weighted by molar-refractivity contribution is 0.387. The number of pyridine rings is 1. The van der Waals surface area contributed by atoms with Gasteiger partial charge in [-0.1, -0.05) is 11.6 Å². The van der Waals surface area contributed by atoms with Gasteiger partial charge in [-0.15, -0.1) is 11.3 Å². The quantitative estimate of drug-likeness (QED) is 0.428. The van der Waals surface area contributed by atoms with Crippen LogP contribution in [0.5, 0.6) is 5.75 Å². The highest BCUT2D eigenvalue weighted by atomic mass is 35.5. The Morgan fingerprint density at radius 2 is 2.03 bits per heavy atom. The van der Waals surface area contributed by atoms with Crippen LogP contribution < -0.4 is 16.0 Å². The minimum Gasteiger partial charge on any atom is -0.494 e. The zero-order chi connectivity index (χ0) is 22.6. The van der Waals surface area contributed by atoms with Crippen LogP contribution in [0.1, 0.15) is 6.92 Å². The molecule has 0 radical (unpaired) electrons. The van der Waals surface area contributed by atoms with Gasteiger partial charge in [-0.05, 0) is 25.1 Å². The van der Waals surface area contributed by atoms with Crippen LogP contribution in [0.4, 0.5) is 4.39 Å². The molecule has 32 heavy (non-hydrogen) atoms. The van der Waals surface area contributed by atoms with Crippen LogP contribution in [-0.2, 0) is 6.54 Å². The molecule has 0 aliphatic carbocycles. The van der Waals surface area contributed by atoms with Crippen molar-refractivity contribution in [2.24, 2.45) is 0 Å². The third-order valence-corrected chi connectivity index (χ3v) is 6.61. The predicted octanol–water partition coefficient (Wildman–Crippen LogP) is 3.97. The Morgan fingerprint density at radius 1 is 1.22 bits per heavy atom. The third kappa shape index (κ3) is 3.02. The maximum Gasteiger partial charge on any atom is 0.333 e. The fraction of sp³-hybridized carbons (Fsp3) is 0.143. The number of fused-ring (bicyclic) bond motifs is 2. The van der Waals surface area contributed by atoms with Crippen LogP contribution in [0, 0.1) is 5.82 Å². The summed E-state index contributed by atoms with van der Waals surface area (Å²) in [4.78, 5) is 33.8. The average Bonchev–Trinajstić information content (AvgIpc) is 3.38. The summed E-state index contributed by atoms with van der Waals surface area (Å²) in [5.74, 6) is -0.565. The first-order chi connectivity index (χ1) is 15.4. The first-order valence-corrected chi connectivity index (χ1v) is 10.7. The Morgan fingerprint density at radius 3 is 2.78 bits per heavy atom. The molecule has 5 aromatic rings. The van der Waals surface area contributed by atoms with E-state index in [4.69, 9.17) is 16.3 Å². The number of aryl methyl sites for hydroxylation is 1. The van der Waals surface area contributed by atoms with Crippen molar-refractivity contribution in [2.75, 3.05) is 7.11 Å². The van der Waals surface area contributed by atoms with E-state index >= 15 is 0 Å². The van der Waals surface area contributed by atoms with Gasteiger partial charge < -0.3 is 9.72 Å². The number of methoxy groups -OCH3 is 1. The second-order valence-corrected chi connectivity index (χ2v) is 8.41. The fourth-order valence-electron chi connectivity index (χ4n) is 3.66. The van der Waals surface area contributed by atoms with Crippen LogP contribution in [0.3, 0.4) is 0 Å². The van der Waals surface area contributed by atoms with Crippen LogP contribution in [0.15, 0.2) is 46.4 Å². The summed E-state index contributed by atoms with van der Waals surface area (Å²) in [5, 5.41) is 5.17. The monoisotopic (exact) mass is 471 g/mol. The average molecular weight is 472 g/mol. The van der Waals surface area contributed by atoms with Crippen molar-refractivity contribution >= 4 is 44.1 Å². The summed E-state index contributed by atoms with van der Waals surface area (Å²) < 4.78 is 22.1. The van der Waals surface area contributed by atoms with E-state index < -0.39 is 17.1 Å². The van der Waals surface area contributed by atoms with E-state index in [1.807, 2.05) is 6.92 Å². The number of thiophene rings is 1. The van der Waals surface area contributed by atoms with Gasteiger partial charge in [0.05, 0.1) is 41.2 Å². The number of H-pyrrole nitrogens is 1. The van der Waals surface area contributed by atoms with Crippen LogP contribution in [0.2, 0.25) is 5.02 Å². The highest BCUT2D eigenvalue weighted by Gasteiger charge is 2.19. The maximum atomic E-state index is 14.0. The number of rotatable bonds is 4. The number of hydrogen-bond acceptors (Lipinski definition) is 6. The lowest BCUT2D eigenvalue weighted by Crippen LogP contribution is -2.33. The minimum atomic E-state index is -0.604. The maximum absolute atomic E-state index is 14.0. The normalized spacial score (nSPS) is 11.5. The summed E-state index contributed by atoms with van der Waals surface area (Å²) in [5.41, 5.74) is 0.727. The van der Waals surface area contributed by atoms with Gasteiger partial charge in [0.25, 0.3) is 5.56 Å². The molecule has 4 heterocycles. The molecule has 0 spiro atoms. The number of halogens is 2. The SMILES string of the molecule is CCn1ncc2cncc(-n3c(=O)[nH]c4cc(-c5cc(OC)c(F)cc5Cl)sc4c3=O)c21. The number of nitrogens with zero attached hydrogens (tertiary/aromatic N) is 4. The second-order valence-electron chi connectivity index (χ2n) is 6.95. The number of ether oxygens (including phenoxy) is 1. The number of nitrogens with one attached hydrogen (secondary N) is 1. The van der Waals surface area contributed by atoms with Gasteiger partial charge in [0, 0.05) is 28.6 Å². The second kappa shape index (κ2) is 7.57. The number of aromatic nitrogens is 5. The van der Waals surface area contributed by atoms with Crippen LogP contribution in [-0.4, -0.2) is 31.4 Å². The Bertz CT molecular complexity index is 1630. The molecule has 0 atom stereocenters. The molecule has 0 fully saturated rings. The van der Waals surface area contributed by atoms with E-state index in [0.717, 1.165) is 22.0 Å². The standard InChI is InChI=1S/C21H15ClFN5O3S/c1-3-27-18-10(8-25-27)7-24-9-15(18)28-20(29)19-14(26-21(28)30)6-17(32-19)11-4-16(31-2)13(23)5-12(11)22/h4-9H,3H2,1-2H3,(H,26,30). The summed E-state index contributed by atoms with van der Waals surface area (Å²) in [6, 6.07) is 4.25. The first kappa shape index (κ1) is 20.4. The highest BCUT2D eigenvalue weighted by molar-refractivity contribution is 7.22. The molecule has 1 N–H and O–H groups in total. The fourth-order valence-corrected chi connectivity index (χ4v) is 5.04. The van der Waals surface area contributed by atoms with Gasteiger partial charge in [-0.25, -0.2) is 13.8 Å². The molecule has 0 saturated heterocycles. The molecule has 5 rings (SSSR count). The molecule has 0 aliphatic heterocycles. The van der Waals surface area contributed by atoms with Gasteiger partial charge in [0.15, 0.2) is 11.6 Å². The van der Waals surface area contributed by atoms with Crippen molar-refractivity contribution in [1.82, 2.24) is 24.3 Å². The largest absolute Gasteiger partial charge is 0.494 e. The predicted molar refractivity (Wildman–Crippen MR) is 122 cm³/mol. The zero-order valence-corrected chi connectivity index (χ0v) is 18.4. The molecule has 0 bridgehead atoms. The van der Waals surface area contributed by atoms with E-state index in [1.54, 1.807) is 23.1 Å². The van der Waals surface area contributed by atoms with Crippen molar-refractivity contribution in [2.45, 2.75) is 13.5 Å². The number of benzene rings is 1. The van der Waals surface area contributed by atoms with Crippen molar-refractivity contribution in [3.05, 3.63) is 68.5 Å². The molecule has 11 heteroatoms. The van der Waals surface area contributed by atoms with E-state index in [1.165, 1.54) is 19.4 Å². The van der Waals surface area contributed by atoms with Gasteiger partial charge in [0.2, 0.25) is 0 Å². The first-order valence-electron chi connectivity index (χ1n) is 9.55. The van der Waals surface area contributed by atoms with Gasteiger partial charge >= 0.3 is 5.69 Å². The van der Waals surface area contributed by atoms with Gasteiger partial charge in [0.1, 0.15) is 4.70 Å². The highest BCUT2D eigenvalue weighted by Crippen LogP contribution is 2.38. The van der Waals surface area contributed by atoms with E-state index in [9.17, 15) is 14.0 Å². The molecular formula is C21H15ClFN5O3S. The Hall–Kier alpha value is -3.50. The Kier molecular flexibility index (Phi) is 4.83. The molecular weight excluding hydrogens is 457 g/mol. The van der Waals surface area contributed by atoms with Crippen molar-refractivity contribution < 1.29 is 9.13 Å². The summed E-state index contributed by atoms with van der Waals surface area (Å²) in [6.45, 7) is 2.47. The lowest BCUT2D eigenvalue weighted by atomic mass is 10.1. The molecule has 8 nitrogen and oxygen atoms in total. The summed E-state index contributed by atoms with van der Waals surface area (Å²) in [7, 11) is 1.35. The zero-order valence-electron chi connectivity index (χ0n) is 16.8. The van der Waals surface area contributed by atoms with E-state index in [2.05, 4.69) is 15.1 Å². The Balaban J connectivity index is 1.77. The summed E-state index contributed by atoms with van der Waals surface area (Å²) >= 11 is 7.39. The molecule has 0 amide bonds. The van der Waals surface area contributed by atoms with Gasteiger partial charge in [-0.3, -0.25) is 14.5 Å². The van der Waals surface area contributed by atoms with Crippen LogP contribution >= 0.6 is 22.9 Å². The van der Waals surface area contributed by atoms with E-state index in [-0.39, 0.29) is 10.8 Å². The molecule has 0 aliphatic rings. The molecule has 4 aromatic heterocycles. The molecule has 162 valence electrons. The lowest BCUT2D eigenvalue weighted by Gasteiger charge is -2.08. The minimum absolute atomic E-state index is 0.0262. The third-order valence-electron chi connectivity index (χ3n) is 5.14. The number of hydrogen-bond donors (Lipinski definition) is 1. The molecule has 0 unspecified atom stereocenters. The van der Waals surface area contributed by atoms with Crippen LogP contribution in [0.25, 0.3) is 37.2 Å². The topological polar surface area (TPSA) is 94.8 Å². The van der Waals surface area contributed by atoms with E-state index in [0.29, 0.717) is 43.8 Å².